The molecule has 1 aliphatic heterocycles. The third-order valence-electron chi connectivity index (χ3n) is 4.26. The lowest BCUT2D eigenvalue weighted by Crippen LogP contribution is -2.39. The topological polar surface area (TPSA) is 55.2 Å². The van der Waals surface area contributed by atoms with Gasteiger partial charge in [-0.25, -0.2) is 22.1 Å². The number of hydrogen-bond acceptors (Lipinski definition) is 3. The van der Waals surface area contributed by atoms with E-state index in [-0.39, 0.29) is 11.6 Å². The number of hydrogen-bond donors (Lipinski definition) is 0. The summed E-state index contributed by atoms with van der Waals surface area (Å²) in [6, 6.07) is 5.64. The highest BCUT2D eigenvalue weighted by molar-refractivity contribution is 7.88. The maximum Gasteiger partial charge on any atom is 0.218 e. The van der Waals surface area contributed by atoms with Gasteiger partial charge in [0.05, 0.1) is 12.1 Å². The van der Waals surface area contributed by atoms with E-state index in [0.717, 1.165) is 19.4 Å². The minimum absolute atomic E-state index is 0.0700. The highest BCUT2D eigenvalue weighted by atomic mass is 32.2. The smallest absolute Gasteiger partial charge is 0.218 e. The van der Waals surface area contributed by atoms with Crippen LogP contribution in [-0.2, 0) is 22.3 Å². The summed E-state index contributed by atoms with van der Waals surface area (Å²) in [6.45, 7) is 1.97. The van der Waals surface area contributed by atoms with E-state index in [1.165, 1.54) is 24.3 Å². The van der Waals surface area contributed by atoms with Crippen LogP contribution in [-0.4, -0.2) is 35.4 Å². The van der Waals surface area contributed by atoms with Crippen molar-refractivity contribution in [1.29, 1.82) is 0 Å². The molecule has 0 amide bonds. The maximum atomic E-state index is 12.9. The Balaban J connectivity index is 1.56. The predicted octanol–water partition coefficient (Wildman–Crippen LogP) is 2.26. The van der Waals surface area contributed by atoms with Crippen LogP contribution in [0, 0.1) is 11.7 Å². The normalized spacial score (nSPS) is 17.4. The monoisotopic (exact) mass is 337 g/mol. The molecule has 1 fully saturated rings. The highest BCUT2D eigenvalue weighted by Gasteiger charge is 2.28. The van der Waals surface area contributed by atoms with Crippen LogP contribution in [0.2, 0.25) is 0 Å². The van der Waals surface area contributed by atoms with E-state index in [0.29, 0.717) is 24.6 Å². The summed E-state index contributed by atoms with van der Waals surface area (Å²) in [4.78, 5) is 4.02. The average molecular weight is 337 g/mol. The summed E-state index contributed by atoms with van der Waals surface area (Å²) in [6.07, 6.45) is 7.17. The Labute approximate surface area is 135 Å². The summed E-state index contributed by atoms with van der Waals surface area (Å²) >= 11 is 0. The Hall–Kier alpha value is -1.73. The SMILES string of the molecule is O=S(=O)(Cc1ccc(F)cc1)N1CCC(Cn2ccnc2)CC1. The molecule has 0 aliphatic carbocycles. The molecule has 1 saturated heterocycles. The van der Waals surface area contributed by atoms with E-state index in [1.807, 2.05) is 10.8 Å². The standard InChI is InChI=1S/C16H20FN3O2S/c17-16-3-1-15(2-4-16)12-23(21,22)20-8-5-14(6-9-20)11-19-10-7-18-13-19/h1-4,7,10,13-14H,5-6,8-9,11-12H2. The molecule has 23 heavy (non-hydrogen) atoms. The molecule has 0 bridgehead atoms. The Kier molecular flexibility index (Phi) is 4.77. The minimum atomic E-state index is -3.34. The molecule has 2 aromatic rings. The highest BCUT2D eigenvalue weighted by Crippen LogP contribution is 2.23. The van der Waals surface area contributed by atoms with E-state index in [9.17, 15) is 12.8 Å². The molecule has 7 heteroatoms. The fourth-order valence-electron chi connectivity index (χ4n) is 2.95. The summed E-state index contributed by atoms with van der Waals surface area (Å²) in [5.41, 5.74) is 0.618. The Bertz CT molecular complexity index is 721. The van der Waals surface area contributed by atoms with Crippen LogP contribution >= 0.6 is 0 Å². The zero-order valence-electron chi connectivity index (χ0n) is 12.8. The third-order valence-corrected chi connectivity index (χ3v) is 6.11. The van der Waals surface area contributed by atoms with Crippen molar-refractivity contribution in [2.24, 2.45) is 5.92 Å². The van der Waals surface area contributed by atoms with Gasteiger partial charge in [0.25, 0.3) is 0 Å². The molecule has 0 unspecified atom stereocenters. The Morgan fingerprint density at radius 2 is 1.87 bits per heavy atom. The largest absolute Gasteiger partial charge is 0.337 e. The molecule has 2 heterocycles. The van der Waals surface area contributed by atoms with Gasteiger partial charge in [-0.2, -0.15) is 0 Å². The number of imidazole rings is 1. The van der Waals surface area contributed by atoms with E-state index in [1.54, 1.807) is 16.8 Å². The van der Waals surface area contributed by atoms with Gasteiger partial charge in [0.1, 0.15) is 5.82 Å². The first-order chi connectivity index (χ1) is 11.0. The molecule has 1 aromatic carbocycles. The lowest BCUT2D eigenvalue weighted by atomic mass is 9.98. The molecule has 3 rings (SSSR count). The van der Waals surface area contributed by atoms with Gasteiger partial charge in [-0.05, 0) is 36.5 Å². The van der Waals surface area contributed by atoms with Crippen molar-refractivity contribution >= 4 is 10.0 Å². The Morgan fingerprint density at radius 3 is 2.48 bits per heavy atom. The van der Waals surface area contributed by atoms with Gasteiger partial charge >= 0.3 is 0 Å². The summed E-state index contributed by atoms with van der Waals surface area (Å²) in [7, 11) is -3.34. The average Bonchev–Trinajstić information content (AvgIpc) is 3.03. The molecule has 0 saturated carbocycles. The molecule has 1 aromatic heterocycles. The summed E-state index contributed by atoms with van der Waals surface area (Å²) in [5, 5.41) is 0. The molecule has 1 aliphatic rings. The van der Waals surface area contributed by atoms with Gasteiger partial charge in [0, 0.05) is 32.0 Å². The number of nitrogens with zero attached hydrogens (tertiary/aromatic N) is 3. The number of rotatable bonds is 5. The van der Waals surface area contributed by atoms with Crippen LogP contribution in [0.4, 0.5) is 4.39 Å². The van der Waals surface area contributed by atoms with Gasteiger partial charge in [0.2, 0.25) is 10.0 Å². The van der Waals surface area contributed by atoms with Gasteiger partial charge < -0.3 is 4.57 Å². The van der Waals surface area contributed by atoms with Crippen molar-refractivity contribution in [3.8, 4) is 0 Å². The number of aromatic nitrogens is 2. The molecular formula is C16H20FN3O2S. The van der Waals surface area contributed by atoms with Crippen LogP contribution in [0.3, 0.4) is 0 Å². The fourth-order valence-corrected chi connectivity index (χ4v) is 4.51. The van der Waals surface area contributed by atoms with E-state index >= 15 is 0 Å². The number of halogens is 1. The van der Waals surface area contributed by atoms with Crippen molar-refractivity contribution in [1.82, 2.24) is 13.9 Å². The van der Waals surface area contributed by atoms with E-state index < -0.39 is 10.0 Å². The number of sulfonamides is 1. The molecule has 0 spiro atoms. The van der Waals surface area contributed by atoms with Gasteiger partial charge in [-0.3, -0.25) is 0 Å². The Morgan fingerprint density at radius 1 is 1.17 bits per heavy atom. The fraction of sp³-hybridized carbons (Fsp3) is 0.438. The van der Waals surface area contributed by atoms with Crippen molar-refractivity contribution < 1.29 is 12.8 Å². The molecular weight excluding hydrogens is 317 g/mol. The first-order valence-electron chi connectivity index (χ1n) is 7.71. The van der Waals surface area contributed by atoms with Gasteiger partial charge in [-0.1, -0.05) is 12.1 Å². The molecule has 0 atom stereocenters. The van der Waals surface area contributed by atoms with Crippen molar-refractivity contribution in [2.45, 2.75) is 25.1 Å². The zero-order valence-corrected chi connectivity index (χ0v) is 13.6. The summed E-state index contributed by atoms with van der Waals surface area (Å²) in [5.74, 6) is 0.0485. The maximum absolute atomic E-state index is 12.9. The second-order valence-electron chi connectivity index (χ2n) is 5.98. The van der Waals surface area contributed by atoms with E-state index in [2.05, 4.69) is 4.98 Å². The molecule has 0 N–H and O–H groups in total. The van der Waals surface area contributed by atoms with Crippen LogP contribution < -0.4 is 0 Å². The minimum Gasteiger partial charge on any atom is -0.337 e. The van der Waals surface area contributed by atoms with E-state index in [4.69, 9.17) is 0 Å². The first kappa shape index (κ1) is 16.1. The van der Waals surface area contributed by atoms with Crippen molar-refractivity contribution in [3.05, 3.63) is 54.4 Å². The van der Waals surface area contributed by atoms with Gasteiger partial charge in [-0.15, -0.1) is 0 Å². The van der Waals surface area contributed by atoms with Crippen LogP contribution in [0.25, 0.3) is 0 Å². The van der Waals surface area contributed by atoms with Crippen molar-refractivity contribution in [3.63, 3.8) is 0 Å². The first-order valence-corrected chi connectivity index (χ1v) is 9.32. The second-order valence-corrected chi connectivity index (χ2v) is 7.95. The third kappa shape index (κ3) is 4.17. The quantitative estimate of drug-likeness (QED) is 0.841. The van der Waals surface area contributed by atoms with Crippen molar-refractivity contribution in [2.75, 3.05) is 13.1 Å². The molecule has 124 valence electrons. The summed E-state index contributed by atoms with van der Waals surface area (Å²) < 4.78 is 41.5. The predicted molar refractivity (Wildman–Crippen MR) is 85.5 cm³/mol. The van der Waals surface area contributed by atoms with Crippen LogP contribution in [0.5, 0.6) is 0 Å². The van der Waals surface area contributed by atoms with Crippen LogP contribution in [0.1, 0.15) is 18.4 Å². The molecule has 5 nitrogen and oxygen atoms in total. The van der Waals surface area contributed by atoms with Crippen LogP contribution in [0.15, 0.2) is 43.0 Å². The molecule has 0 radical (unpaired) electrons. The number of benzene rings is 1. The second kappa shape index (κ2) is 6.80. The lowest BCUT2D eigenvalue weighted by molar-refractivity contribution is 0.252. The lowest BCUT2D eigenvalue weighted by Gasteiger charge is -2.31. The van der Waals surface area contributed by atoms with Gasteiger partial charge in [0.15, 0.2) is 0 Å². The zero-order chi connectivity index (χ0) is 16.3. The number of piperidine rings is 1.